The molecule has 1 heterocycles. The van der Waals surface area contributed by atoms with Crippen molar-refractivity contribution < 1.29 is 14.6 Å². The molecule has 0 aliphatic heterocycles. The van der Waals surface area contributed by atoms with E-state index in [1.807, 2.05) is 12.1 Å². The van der Waals surface area contributed by atoms with Crippen LogP contribution in [0.5, 0.6) is 0 Å². The number of esters is 1. The van der Waals surface area contributed by atoms with Crippen molar-refractivity contribution >= 4 is 28.5 Å². The summed E-state index contributed by atoms with van der Waals surface area (Å²) in [5.41, 5.74) is 0.268. The summed E-state index contributed by atoms with van der Waals surface area (Å²) in [4.78, 5) is 17.2. The summed E-state index contributed by atoms with van der Waals surface area (Å²) in [6.07, 6.45) is 3.44. The standard InChI is InChI=1S/C21H24N2O3S/c1-3-26-21(25)18-13-23(14-22-18)19(15(2)24)11-12-27-20-10-6-8-16-7-4-5-9-17(16)20/h4-10,13-15,19,24H,3,11-12H2,1-2H3. The van der Waals surface area contributed by atoms with Gasteiger partial charge in [-0.1, -0.05) is 36.4 Å². The lowest BCUT2D eigenvalue weighted by Gasteiger charge is -2.21. The number of carbonyl (C=O) groups is 1. The van der Waals surface area contributed by atoms with Gasteiger partial charge >= 0.3 is 5.97 Å². The molecule has 3 aromatic rings. The molecule has 27 heavy (non-hydrogen) atoms. The van der Waals surface area contributed by atoms with E-state index in [1.165, 1.54) is 15.7 Å². The van der Waals surface area contributed by atoms with E-state index in [4.69, 9.17) is 4.74 Å². The van der Waals surface area contributed by atoms with Gasteiger partial charge in [0.15, 0.2) is 5.69 Å². The van der Waals surface area contributed by atoms with Gasteiger partial charge in [0.05, 0.1) is 25.1 Å². The van der Waals surface area contributed by atoms with E-state index < -0.39 is 12.1 Å². The summed E-state index contributed by atoms with van der Waals surface area (Å²) >= 11 is 1.78. The molecule has 2 atom stereocenters. The largest absolute Gasteiger partial charge is 0.461 e. The number of fused-ring (bicyclic) bond motifs is 1. The minimum Gasteiger partial charge on any atom is -0.461 e. The molecule has 1 N–H and O–H groups in total. The van der Waals surface area contributed by atoms with E-state index in [2.05, 4.69) is 35.3 Å². The fourth-order valence-electron chi connectivity index (χ4n) is 3.08. The van der Waals surface area contributed by atoms with Crippen molar-refractivity contribution in [3.05, 3.63) is 60.7 Å². The fraction of sp³-hybridized carbons (Fsp3) is 0.333. The van der Waals surface area contributed by atoms with Crippen LogP contribution >= 0.6 is 11.8 Å². The molecule has 5 nitrogen and oxygen atoms in total. The van der Waals surface area contributed by atoms with Crippen molar-refractivity contribution in [2.45, 2.75) is 37.3 Å². The van der Waals surface area contributed by atoms with Gasteiger partial charge in [-0.25, -0.2) is 9.78 Å². The summed E-state index contributed by atoms with van der Waals surface area (Å²) in [5.74, 6) is 0.405. The summed E-state index contributed by atoms with van der Waals surface area (Å²) in [6, 6.07) is 14.5. The Labute approximate surface area is 163 Å². The van der Waals surface area contributed by atoms with E-state index in [0.717, 1.165) is 12.2 Å². The number of aromatic nitrogens is 2. The van der Waals surface area contributed by atoms with Crippen LogP contribution in [0.4, 0.5) is 0 Å². The maximum Gasteiger partial charge on any atom is 0.358 e. The smallest absolute Gasteiger partial charge is 0.358 e. The summed E-state index contributed by atoms with van der Waals surface area (Å²) in [6.45, 7) is 3.84. The topological polar surface area (TPSA) is 64.3 Å². The van der Waals surface area contributed by atoms with Crippen LogP contribution < -0.4 is 0 Å². The highest BCUT2D eigenvalue weighted by molar-refractivity contribution is 7.99. The number of benzene rings is 2. The molecule has 1 aromatic heterocycles. The maximum absolute atomic E-state index is 11.8. The van der Waals surface area contributed by atoms with Crippen LogP contribution in [0.3, 0.4) is 0 Å². The molecule has 2 aromatic carbocycles. The lowest BCUT2D eigenvalue weighted by Crippen LogP contribution is -2.21. The Morgan fingerprint density at radius 2 is 2.04 bits per heavy atom. The minimum atomic E-state index is -0.553. The van der Waals surface area contributed by atoms with Crippen LogP contribution in [0.1, 0.15) is 36.8 Å². The zero-order valence-corrected chi connectivity index (χ0v) is 16.4. The molecule has 0 spiro atoms. The number of hydrogen-bond donors (Lipinski definition) is 1. The molecule has 142 valence electrons. The highest BCUT2D eigenvalue weighted by Crippen LogP contribution is 2.30. The van der Waals surface area contributed by atoms with Gasteiger partial charge in [0.25, 0.3) is 0 Å². The number of imidazole rings is 1. The first-order chi connectivity index (χ1) is 13.1. The second-order valence-corrected chi connectivity index (χ2v) is 7.49. The quantitative estimate of drug-likeness (QED) is 0.463. The minimum absolute atomic E-state index is 0.150. The number of carbonyl (C=O) groups excluding carboxylic acids is 1. The molecule has 0 aliphatic carbocycles. The van der Waals surface area contributed by atoms with E-state index in [9.17, 15) is 9.90 Å². The Morgan fingerprint density at radius 1 is 1.26 bits per heavy atom. The highest BCUT2D eigenvalue weighted by Gasteiger charge is 2.20. The van der Waals surface area contributed by atoms with Crippen LogP contribution in [0.15, 0.2) is 59.9 Å². The summed E-state index contributed by atoms with van der Waals surface area (Å²) in [5, 5.41) is 12.7. The monoisotopic (exact) mass is 384 g/mol. The van der Waals surface area contributed by atoms with Crippen molar-refractivity contribution in [3.8, 4) is 0 Å². The van der Waals surface area contributed by atoms with Gasteiger partial charge in [0.1, 0.15) is 0 Å². The van der Waals surface area contributed by atoms with E-state index in [0.29, 0.717) is 6.61 Å². The van der Waals surface area contributed by atoms with Gasteiger partial charge in [0.2, 0.25) is 0 Å². The van der Waals surface area contributed by atoms with Crippen LogP contribution in [-0.4, -0.2) is 39.1 Å². The first-order valence-corrected chi connectivity index (χ1v) is 10.1. The zero-order chi connectivity index (χ0) is 19.2. The third-order valence-electron chi connectivity index (χ3n) is 4.45. The van der Waals surface area contributed by atoms with E-state index in [1.54, 1.807) is 42.7 Å². The third kappa shape index (κ3) is 4.70. The number of hydrogen-bond acceptors (Lipinski definition) is 5. The van der Waals surface area contributed by atoms with Crippen molar-refractivity contribution in [1.29, 1.82) is 0 Å². The summed E-state index contributed by atoms with van der Waals surface area (Å²) < 4.78 is 6.79. The molecule has 0 amide bonds. The Balaban J connectivity index is 1.68. The van der Waals surface area contributed by atoms with E-state index in [-0.39, 0.29) is 11.7 Å². The molecule has 2 unspecified atom stereocenters. The zero-order valence-electron chi connectivity index (χ0n) is 15.5. The van der Waals surface area contributed by atoms with Crippen LogP contribution in [0.2, 0.25) is 0 Å². The molecular formula is C21H24N2O3S. The molecule has 0 aliphatic rings. The first-order valence-electron chi connectivity index (χ1n) is 9.09. The number of ether oxygens (including phenoxy) is 1. The van der Waals surface area contributed by atoms with Gasteiger partial charge in [-0.05, 0) is 37.1 Å². The Morgan fingerprint density at radius 3 is 2.81 bits per heavy atom. The lowest BCUT2D eigenvalue weighted by atomic mass is 10.1. The number of aliphatic hydroxyl groups is 1. The van der Waals surface area contributed by atoms with Crippen LogP contribution in [-0.2, 0) is 4.74 Å². The van der Waals surface area contributed by atoms with Crippen molar-refractivity contribution in [1.82, 2.24) is 9.55 Å². The second kappa shape index (κ2) is 9.06. The van der Waals surface area contributed by atoms with Crippen molar-refractivity contribution in [2.24, 2.45) is 0 Å². The average Bonchev–Trinajstić information content (AvgIpc) is 3.15. The Kier molecular flexibility index (Phi) is 6.53. The maximum atomic E-state index is 11.8. The second-order valence-electron chi connectivity index (χ2n) is 6.35. The Bertz CT molecular complexity index is 902. The normalized spacial score (nSPS) is 13.4. The first kappa shape index (κ1) is 19.5. The third-order valence-corrected chi connectivity index (χ3v) is 5.55. The van der Waals surface area contributed by atoms with Crippen LogP contribution in [0.25, 0.3) is 10.8 Å². The molecule has 0 saturated carbocycles. The summed E-state index contributed by atoms with van der Waals surface area (Å²) in [7, 11) is 0. The Hall–Kier alpha value is -2.31. The van der Waals surface area contributed by atoms with Crippen LogP contribution in [0, 0.1) is 0 Å². The van der Waals surface area contributed by atoms with Crippen molar-refractivity contribution in [3.63, 3.8) is 0 Å². The molecule has 0 saturated heterocycles. The fourth-order valence-corrected chi connectivity index (χ4v) is 4.17. The molecule has 0 radical (unpaired) electrons. The number of thioether (sulfide) groups is 1. The predicted octanol–water partition coefficient (Wildman–Crippen LogP) is 4.32. The molecule has 3 rings (SSSR count). The number of rotatable bonds is 8. The lowest BCUT2D eigenvalue weighted by molar-refractivity contribution is 0.0519. The average molecular weight is 385 g/mol. The molecule has 6 heteroatoms. The predicted molar refractivity (Wildman–Crippen MR) is 108 cm³/mol. The van der Waals surface area contributed by atoms with E-state index >= 15 is 0 Å². The molecular weight excluding hydrogens is 360 g/mol. The van der Waals surface area contributed by atoms with Gasteiger partial charge in [-0.15, -0.1) is 11.8 Å². The van der Waals surface area contributed by atoms with Gasteiger partial charge < -0.3 is 14.4 Å². The van der Waals surface area contributed by atoms with Crippen molar-refractivity contribution in [2.75, 3.05) is 12.4 Å². The number of nitrogens with zero attached hydrogens (tertiary/aromatic N) is 2. The van der Waals surface area contributed by atoms with Gasteiger partial charge in [0, 0.05) is 16.8 Å². The van der Waals surface area contributed by atoms with Gasteiger partial charge in [-0.3, -0.25) is 0 Å². The van der Waals surface area contributed by atoms with Gasteiger partial charge in [-0.2, -0.15) is 0 Å². The highest BCUT2D eigenvalue weighted by atomic mass is 32.2. The molecule has 0 bridgehead atoms. The SMILES string of the molecule is CCOC(=O)c1cn(C(CCSc2cccc3ccccc23)C(C)O)cn1. The molecule has 0 fully saturated rings. The number of aliphatic hydroxyl groups excluding tert-OH is 1.